The van der Waals surface area contributed by atoms with E-state index >= 15 is 0 Å². The molecule has 0 aromatic rings. The third-order valence-electron chi connectivity index (χ3n) is 1.20. The molecule has 0 aliphatic heterocycles. The average molecular weight is 180 g/mol. The minimum Gasteiger partial charge on any atom is -0.479 e. The first-order valence-corrected chi connectivity index (χ1v) is 3.11. The highest BCUT2D eigenvalue weighted by Gasteiger charge is 2.40. The van der Waals surface area contributed by atoms with Gasteiger partial charge in [0.2, 0.25) is 5.12 Å². The molecule has 0 aliphatic carbocycles. The minimum atomic E-state index is -2.34. The van der Waals surface area contributed by atoms with Crippen LogP contribution in [0.4, 0.5) is 0 Å². The molecule has 5 nitrogen and oxygen atoms in total. The number of carboxylic acid groups (broad SMARTS) is 1. The van der Waals surface area contributed by atoms with Crippen molar-refractivity contribution in [2.75, 3.05) is 0 Å². The van der Waals surface area contributed by atoms with Gasteiger partial charge in [0.15, 0.2) is 11.7 Å². The van der Waals surface area contributed by atoms with E-state index in [1.807, 2.05) is 0 Å². The summed E-state index contributed by atoms with van der Waals surface area (Å²) in [4.78, 5) is 20.5. The average Bonchev–Trinajstić information content (AvgIpc) is 1.85. The third kappa shape index (κ3) is 2.18. The number of carbonyl (C=O) groups is 2. The van der Waals surface area contributed by atoms with Crippen LogP contribution in [0.3, 0.4) is 0 Å². The van der Waals surface area contributed by atoms with Crippen LogP contribution < -0.4 is 0 Å². The number of hydrogen-bond donors (Lipinski definition) is 4. The van der Waals surface area contributed by atoms with Gasteiger partial charge in [0.05, 0.1) is 0 Å². The Morgan fingerprint density at radius 1 is 1.55 bits per heavy atom. The molecular weight excluding hydrogens is 172 g/mol. The molecule has 6 heteroatoms. The van der Waals surface area contributed by atoms with E-state index in [9.17, 15) is 9.59 Å². The summed E-state index contributed by atoms with van der Waals surface area (Å²) in [6.45, 7) is 0.876. The van der Waals surface area contributed by atoms with Crippen molar-refractivity contribution in [3.05, 3.63) is 0 Å². The molecule has 0 radical (unpaired) electrons. The van der Waals surface area contributed by atoms with Crippen molar-refractivity contribution in [2.45, 2.75) is 18.6 Å². The smallest absolute Gasteiger partial charge is 0.336 e. The van der Waals surface area contributed by atoms with Crippen molar-refractivity contribution in [1.82, 2.24) is 0 Å². The highest BCUT2D eigenvalue weighted by atomic mass is 32.1. The molecule has 0 aromatic carbocycles. The van der Waals surface area contributed by atoms with Crippen molar-refractivity contribution in [3.8, 4) is 0 Å². The lowest BCUT2D eigenvalue weighted by molar-refractivity contribution is -0.164. The van der Waals surface area contributed by atoms with Crippen LogP contribution in [-0.4, -0.2) is 38.1 Å². The van der Waals surface area contributed by atoms with Crippen molar-refractivity contribution in [3.63, 3.8) is 0 Å². The molecule has 0 spiro atoms. The number of aliphatic hydroxyl groups excluding tert-OH is 1. The molecule has 0 amide bonds. The fourth-order valence-corrected chi connectivity index (χ4v) is 0.480. The van der Waals surface area contributed by atoms with Crippen LogP contribution in [-0.2, 0) is 9.59 Å². The first-order chi connectivity index (χ1) is 4.80. The summed E-state index contributed by atoms with van der Waals surface area (Å²) in [6, 6.07) is 0. The summed E-state index contributed by atoms with van der Waals surface area (Å²) < 4.78 is 0. The predicted octanol–water partition coefficient (Wildman–Crippen LogP) is -1.36. The van der Waals surface area contributed by atoms with Gasteiger partial charge in [-0.15, -0.1) is 12.6 Å². The summed E-state index contributed by atoms with van der Waals surface area (Å²) in [5.74, 6) is -1.67. The zero-order valence-electron chi connectivity index (χ0n) is 5.68. The van der Waals surface area contributed by atoms with Crippen LogP contribution in [0.1, 0.15) is 6.92 Å². The second-order valence-electron chi connectivity index (χ2n) is 2.19. The van der Waals surface area contributed by atoms with E-state index in [1.54, 1.807) is 0 Å². The molecule has 11 heavy (non-hydrogen) atoms. The van der Waals surface area contributed by atoms with Crippen LogP contribution in [0.25, 0.3) is 0 Å². The van der Waals surface area contributed by atoms with Gasteiger partial charge in [-0.1, -0.05) is 0 Å². The molecule has 0 saturated heterocycles. The number of carbonyl (C=O) groups excluding carboxylic acids is 1. The summed E-state index contributed by atoms with van der Waals surface area (Å²) in [5.41, 5.74) is -2.34. The second kappa shape index (κ2) is 3.21. The van der Waals surface area contributed by atoms with Crippen LogP contribution in [0, 0.1) is 0 Å². The Hall–Kier alpha value is -0.590. The SMILES string of the molecule is CC(O)(C(=O)S)C(O)C(=O)O. The Kier molecular flexibility index (Phi) is 3.03. The van der Waals surface area contributed by atoms with E-state index in [0.717, 1.165) is 6.92 Å². The van der Waals surface area contributed by atoms with Crippen molar-refractivity contribution in [1.29, 1.82) is 0 Å². The Balaban J connectivity index is 4.55. The fraction of sp³-hybridized carbons (Fsp3) is 0.600. The number of carboxylic acids is 1. The van der Waals surface area contributed by atoms with Gasteiger partial charge in [0.1, 0.15) is 0 Å². The van der Waals surface area contributed by atoms with Crippen LogP contribution in [0.15, 0.2) is 0 Å². The van der Waals surface area contributed by atoms with Gasteiger partial charge in [-0.05, 0) is 6.92 Å². The topological polar surface area (TPSA) is 94.8 Å². The molecule has 64 valence electrons. The molecule has 3 N–H and O–H groups in total. The first-order valence-electron chi connectivity index (χ1n) is 2.66. The van der Waals surface area contributed by atoms with E-state index in [4.69, 9.17) is 15.3 Å². The van der Waals surface area contributed by atoms with Gasteiger partial charge in [-0.3, -0.25) is 4.79 Å². The van der Waals surface area contributed by atoms with Crippen molar-refractivity contribution < 1.29 is 24.9 Å². The molecule has 0 heterocycles. The predicted molar refractivity (Wildman–Crippen MR) is 38.3 cm³/mol. The number of aliphatic hydroxyl groups is 2. The first kappa shape index (κ1) is 10.4. The minimum absolute atomic E-state index is 0.876. The van der Waals surface area contributed by atoms with Crippen LogP contribution in [0.2, 0.25) is 0 Å². The Labute approximate surface area is 68.1 Å². The van der Waals surface area contributed by atoms with Crippen LogP contribution >= 0.6 is 12.6 Å². The molecule has 0 rings (SSSR count). The maximum atomic E-state index is 10.4. The third-order valence-corrected chi connectivity index (χ3v) is 1.65. The van der Waals surface area contributed by atoms with Gasteiger partial charge in [-0.25, -0.2) is 4.79 Å². The Bertz CT molecular complexity index is 187. The van der Waals surface area contributed by atoms with E-state index < -0.39 is 22.8 Å². The molecule has 0 fully saturated rings. The lowest BCUT2D eigenvalue weighted by atomic mass is 10.0. The molecule has 2 atom stereocenters. The summed E-state index contributed by atoms with van der Waals surface area (Å²) in [5, 5.41) is 24.8. The monoisotopic (exact) mass is 180 g/mol. The van der Waals surface area contributed by atoms with Gasteiger partial charge in [-0.2, -0.15) is 0 Å². The summed E-state index contributed by atoms with van der Waals surface area (Å²) in [6.07, 6.45) is -2.15. The largest absolute Gasteiger partial charge is 0.479 e. The van der Waals surface area contributed by atoms with Crippen molar-refractivity contribution >= 4 is 23.7 Å². The molecule has 0 saturated carbocycles. The molecule has 0 aliphatic rings. The summed E-state index contributed by atoms with van der Waals surface area (Å²) >= 11 is 3.20. The molecular formula is C5H8O5S. The lowest BCUT2D eigenvalue weighted by Gasteiger charge is -2.21. The number of rotatable bonds is 3. The standard InChI is InChI=1S/C5H8O5S/c1-5(10,4(9)11)2(6)3(7)8/h2,6,10H,1H3,(H,7,8)(H,9,11). The maximum absolute atomic E-state index is 10.4. The molecule has 0 aromatic heterocycles. The highest BCUT2D eigenvalue weighted by Crippen LogP contribution is 2.13. The van der Waals surface area contributed by atoms with E-state index in [0.29, 0.717) is 0 Å². The van der Waals surface area contributed by atoms with E-state index in [1.165, 1.54) is 0 Å². The van der Waals surface area contributed by atoms with Gasteiger partial charge in [0.25, 0.3) is 0 Å². The highest BCUT2D eigenvalue weighted by molar-refractivity contribution is 7.96. The molecule has 2 unspecified atom stereocenters. The molecule has 0 bridgehead atoms. The van der Waals surface area contributed by atoms with E-state index in [2.05, 4.69) is 12.6 Å². The maximum Gasteiger partial charge on any atom is 0.336 e. The normalized spacial score (nSPS) is 18.5. The Morgan fingerprint density at radius 3 is 2.00 bits per heavy atom. The zero-order valence-corrected chi connectivity index (χ0v) is 6.58. The second-order valence-corrected chi connectivity index (χ2v) is 2.60. The Morgan fingerprint density at radius 2 is 1.91 bits per heavy atom. The van der Waals surface area contributed by atoms with Gasteiger partial charge in [0, 0.05) is 0 Å². The fourth-order valence-electron chi connectivity index (χ4n) is 0.357. The quantitative estimate of drug-likeness (QED) is 0.402. The van der Waals surface area contributed by atoms with Crippen molar-refractivity contribution in [2.24, 2.45) is 0 Å². The number of aliphatic carboxylic acids is 1. The lowest BCUT2D eigenvalue weighted by Crippen LogP contribution is -2.49. The van der Waals surface area contributed by atoms with E-state index in [-0.39, 0.29) is 0 Å². The zero-order chi connectivity index (χ0) is 9.23. The summed E-state index contributed by atoms with van der Waals surface area (Å²) in [7, 11) is 0. The van der Waals surface area contributed by atoms with Gasteiger partial charge >= 0.3 is 5.97 Å². The number of hydrogen-bond acceptors (Lipinski definition) is 4. The van der Waals surface area contributed by atoms with Gasteiger partial charge < -0.3 is 15.3 Å². The number of thiol groups is 1. The van der Waals surface area contributed by atoms with Crippen LogP contribution in [0.5, 0.6) is 0 Å².